The van der Waals surface area contributed by atoms with Crippen LogP contribution in [0.4, 0.5) is 0 Å². The van der Waals surface area contributed by atoms with E-state index in [1.165, 1.54) is 20.8 Å². The van der Waals surface area contributed by atoms with Crippen LogP contribution in [0.3, 0.4) is 0 Å². The van der Waals surface area contributed by atoms with Crippen molar-refractivity contribution < 1.29 is 127 Å². The lowest BCUT2D eigenvalue weighted by molar-refractivity contribution is -0.270. The molecule has 105 heavy (non-hydrogen) atoms. The fourth-order valence-electron chi connectivity index (χ4n) is 11.7. The van der Waals surface area contributed by atoms with Crippen molar-refractivity contribution in [2.45, 2.75) is 273 Å². The normalized spacial score (nSPS) is 24.8. The predicted molar refractivity (Wildman–Crippen MR) is 370 cm³/mol. The van der Waals surface area contributed by atoms with Crippen molar-refractivity contribution in [1.82, 2.24) is 63.8 Å². The summed E-state index contributed by atoms with van der Waals surface area (Å²) < 4.78 is 28.4. The highest BCUT2D eigenvalue weighted by Gasteiger charge is 2.48. The molecule has 0 bridgehead atoms. The Morgan fingerprint density at radius 3 is 1.12 bits per heavy atom. The highest BCUT2D eigenvalue weighted by Crippen LogP contribution is 2.27. The molecule has 3 fully saturated rings. The molecule has 0 aliphatic carbocycles. The Bertz CT molecular complexity index is 2680. The van der Waals surface area contributed by atoms with Crippen LogP contribution in [0.5, 0.6) is 0 Å². The molecule has 0 aromatic carbocycles. The van der Waals surface area contributed by atoms with E-state index in [1.54, 1.807) is 0 Å². The Morgan fingerprint density at radius 1 is 0.352 bits per heavy atom. The molecule has 0 saturated carbocycles. The zero-order valence-electron chi connectivity index (χ0n) is 60.8. The second-order valence-electron chi connectivity index (χ2n) is 26.4. The smallest absolute Gasteiger partial charge is 0.243 e. The molecule has 17 atom stereocenters. The minimum Gasteiger partial charge on any atom is -0.394 e. The van der Waals surface area contributed by atoms with Crippen LogP contribution < -0.4 is 63.8 Å². The van der Waals surface area contributed by atoms with Gasteiger partial charge in [-0.2, -0.15) is 0 Å². The van der Waals surface area contributed by atoms with Gasteiger partial charge in [-0.1, -0.05) is 77.6 Å². The molecule has 0 aromatic heterocycles. The highest BCUT2D eigenvalue weighted by molar-refractivity contribution is 5.97. The third kappa shape index (κ3) is 36.5. The van der Waals surface area contributed by atoms with E-state index in [1.807, 2.05) is 6.92 Å². The molecule has 3 heterocycles. The number of carbonyl (C=O) groups excluding carboxylic acids is 12. The average molecular weight is 1510 g/mol. The van der Waals surface area contributed by atoms with E-state index in [0.29, 0.717) is 96.4 Å². The van der Waals surface area contributed by atoms with Crippen LogP contribution in [0, 0.1) is 0 Å². The average Bonchev–Trinajstić information content (AvgIpc) is 0.822. The van der Waals surface area contributed by atoms with Crippen molar-refractivity contribution in [3.05, 3.63) is 0 Å². The van der Waals surface area contributed by atoms with E-state index in [4.69, 9.17) is 23.7 Å². The van der Waals surface area contributed by atoms with Gasteiger partial charge >= 0.3 is 0 Å². The van der Waals surface area contributed by atoms with Gasteiger partial charge in [0.2, 0.25) is 70.9 Å². The Balaban J connectivity index is 1.62. The molecule has 38 nitrogen and oxygen atoms in total. The molecule has 602 valence electrons. The van der Waals surface area contributed by atoms with Gasteiger partial charge in [-0.15, -0.1) is 0 Å². The largest absolute Gasteiger partial charge is 0.394 e. The van der Waals surface area contributed by atoms with E-state index < -0.39 is 233 Å². The number of amides is 12. The van der Waals surface area contributed by atoms with Crippen molar-refractivity contribution in [1.29, 1.82) is 0 Å². The number of rotatable bonds is 52. The van der Waals surface area contributed by atoms with Gasteiger partial charge in [0, 0.05) is 73.0 Å². The SMILES string of the molecule is CCCCCCNC(=O)CCC(=O)NC(CC(=O)NC(CC(=O)NCC(=O)NCCCCCCCC1OC(CO)C(O)C(O)C1NC(C)=O)C(=O)NCC(=O)NCCCCCCOC1OC(CO)C(O)C(O)C1NC(C)=O)C(=O)NCC(=O)NCCCCCCOC1OC(CO)C(O)C(O)C1NC(C)=O. The van der Waals surface area contributed by atoms with Gasteiger partial charge in [0.1, 0.15) is 79.1 Å². The monoisotopic (exact) mass is 1510 g/mol. The lowest BCUT2D eigenvalue weighted by Crippen LogP contribution is -2.64. The number of hydrogen-bond donors (Lipinski definition) is 21. The van der Waals surface area contributed by atoms with Gasteiger partial charge in [-0.25, -0.2) is 0 Å². The number of aliphatic hydroxyl groups excluding tert-OH is 9. The predicted octanol–water partition coefficient (Wildman–Crippen LogP) is -6.72. The van der Waals surface area contributed by atoms with Crippen LogP contribution >= 0.6 is 0 Å². The van der Waals surface area contributed by atoms with E-state index in [9.17, 15) is 103 Å². The second kappa shape index (κ2) is 52.2. The first-order valence-electron chi connectivity index (χ1n) is 36.5. The maximum absolute atomic E-state index is 13.9. The zero-order valence-corrected chi connectivity index (χ0v) is 60.8. The summed E-state index contributed by atoms with van der Waals surface area (Å²) in [6.45, 7) is 3.30. The molecule has 12 amide bonds. The van der Waals surface area contributed by atoms with E-state index in [0.717, 1.165) is 25.7 Å². The minimum absolute atomic E-state index is 0.108. The van der Waals surface area contributed by atoms with Gasteiger partial charge in [0.05, 0.1) is 64.4 Å². The molecule has 0 spiro atoms. The Labute approximate surface area is 611 Å². The molecule has 0 radical (unpaired) electrons. The second-order valence-corrected chi connectivity index (χ2v) is 26.4. The van der Waals surface area contributed by atoms with Crippen LogP contribution in [-0.4, -0.2) is 300 Å². The van der Waals surface area contributed by atoms with Gasteiger partial charge in [-0.05, 0) is 44.9 Å². The molecule has 3 aliphatic rings. The maximum atomic E-state index is 13.9. The summed E-state index contributed by atoms with van der Waals surface area (Å²) in [5.41, 5.74) is 0. The molecule has 21 N–H and O–H groups in total. The summed E-state index contributed by atoms with van der Waals surface area (Å²) in [7, 11) is 0. The summed E-state index contributed by atoms with van der Waals surface area (Å²) in [6, 6.07) is -6.56. The maximum Gasteiger partial charge on any atom is 0.243 e. The quantitative estimate of drug-likeness (QED) is 0.0252. The summed E-state index contributed by atoms with van der Waals surface area (Å²) in [5, 5.41) is 121. The van der Waals surface area contributed by atoms with E-state index >= 15 is 0 Å². The first-order chi connectivity index (χ1) is 50.1. The molecule has 0 aromatic rings. The van der Waals surface area contributed by atoms with E-state index in [-0.39, 0.29) is 39.3 Å². The number of nitrogens with one attached hydrogen (secondary N) is 12. The van der Waals surface area contributed by atoms with Crippen LogP contribution in [0.25, 0.3) is 0 Å². The first-order valence-corrected chi connectivity index (χ1v) is 36.5. The van der Waals surface area contributed by atoms with Gasteiger partial charge in [-0.3, -0.25) is 57.5 Å². The van der Waals surface area contributed by atoms with Crippen molar-refractivity contribution >= 4 is 70.9 Å². The van der Waals surface area contributed by atoms with Crippen LogP contribution in [0.15, 0.2) is 0 Å². The lowest BCUT2D eigenvalue weighted by Gasteiger charge is -2.42. The first kappa shape index (κ1) is 92.3. The molecule has 17 unspecified atom stereocenters. The van der Waals surface area contributed by atoms with Gasteiger partial charge < -0.3 is 133 Å². The van der Waals surface area contributed by atoms with Crippen molar-refractivity contribution in [3.8, 4) is 0 Å². The standard InChI is InChI=1S/C67H118N12O26/c1-5-6-7-16-25-68-48(86)23-24-49(87)78-43(65(100)74-35-54(92)71-28-19-12-14-21-30-102-67-57(77-41(4)85)63(98)60(95)47(38-82)105-67)32-51(89)79-42(64(99)73-34-53(91)70-27-18-11-13-20-29-101-66-56(76-40(3)84)62(97)59(94)46(37-81)104-66)31-50(88)72-33-52(90)69-26-17-10-8-9-15-22-44-55(75-39(2)83)61(96)58(93)45(36-80)103-44/h42-47,55-63,66-67,80-82,93-98H,5-38H2,1-4H3,(H,68,86)(H,69,90)(H,70,91)(H,71,92)(H,72,88)(H,73,99)(H,74,100)(H,75,83)(H,76,84)(H,77,85)(H,78,87)(H,79,89). The molecular formula is C67H118N12O26. The summed E-state index contributed by atoms with van der Waals surface area (Å²) in [5.74, 6) is -8.67. The van der Waals surface area contributed by atoms with Gasteiger partial charge in [0.15, 0.2) is 12.6 Å². The number of aliphatic hydroxyl groups is 9. The summed E-state index contributed by atoms with van der Waals surface area (Å²) >= 11 is 0. The van der Waals surface area contributed by atoms with Crippen molar-refractivity contribution in [2.24, 2.45) is 0 Å². The van der Waals surface area contributed by atoms with Crippen LogP contribution in [0.2, 0.25) is 0 Å². The minimum atomic E-state index is -1.75. The zero-order chi connectivity index (χ0) is 77.8. The Kier molecular flexibility index (Phi) is 45.8. The summed E-state index contributed by atoms with van der Waals surface area (Å²) in [4.78, 5) is 155. The number of ether oxygens (including phenoxy) is 5. The van der Waals surface area contributed by atoms with E-state index in [2.05, 4.69) is 63.8 Å². The number of unbranched alkanes of at least 4 members (excludes halogenated alkanes) is 13. The fourth-order valence-corrected chi connectivity index (χ4v) is 11.7. The molecule has 3 saturated heterocycles. The summed E-state index contributed by atoms with van der Waals surface area (Å²) in [6.07, 6.45) is -5.88. The lowest BCUT2D eigenvalue weighted by atomic mass is 9.90. The highest BCUT2D eigenvalue weighted by atomic mass is 16.7. The topological polar surface area (TPSA) is 577 Å². The van der Waals surface area contributed by atoms with Gasteiger partial charge in [0.25, 0.3) is 0 Å². The third-order valence-electron chi connectivity index (χ3n) is 17.5. The fraction of sp³-hybridized carbons (Fsp3) is 0.821. The molecular weight excluding hydrogens is 1390 g/mol. The molecule has 3 aliphatic heterocycles. The Hall–Kier alpha value is -6.92. The number of hydrogen-bond acceptors (Lipinski definition) is 26. The van der Waals surface area contributed by atoms with Crippen molar-refractivity contribution in [2.75, 3.05) is 78.8 Å². The third-order valence-corrected chi connectivity index (χ3v) is 17.5. The molecule has 38 heteroatoms. The van der Waals surface area contributed by atoms with Crippen LogP contribution in [-0.2, 0) is 81.2 Å². The molecule has 3 rings (SSSR count). The van der Waals surface area contributed by atoms with Crippen molar-refractivity contribution in [3.63, 3.8) is 0 Å². The van der Waals surface area contributed by atoms with Crippen LogP contribution in [0.1, 0.15) is 169 Å². The Morgan fingerprint density at radius 2 is 0.695 bits per heavy atom. The number of carbonyl (C=O) groups is 12.